The van der Waals surface area contributed by atoms with Crippen LogP contribution in [-0.4, -0.2) is 24.5 Å². The fourth-order valence-electron chi connectivity index (χ4n) is 4.42. The first-order valence-electron chi connectivity index (χ1n) is 12.0. The largest absolute Gasteiger partial charge is 0.303 e. The molecule has 2 unspecified atom stereocenters. The quantitative estimate of drug-likeness (QED) is 0.421. The molecule has 1 aliphatic carbocycles. The van der Waals surface area contributed by atoms with Crippen LogP contribution in [0, 0.1) is 17.8 Å². The highest BCUT2D eigenvalue weighted by molar-refractivity contribution is 5.43. The lowest BCUT2D eigenvalue weighted by atomic mass is 9.88. The maximum Gasteiger partial charge on any atom is 0.000692 e. The van der Waals surface area contributed by atoms with E-state index in [1.807, 2.05) is 6.08 Å². The number of hydrogen-bond acceptors (Lipinski definition) is 1. The zero-order valence-corrected chi connectivity index (χ0v) is 19.8. The SMILES string of the molecule is C=C/C(=C/C)C1=CC=CCC1C.CCC(C)CN1CCC(Cc2ccccc2)CC1. The van der Waals surface area contributed by atoms with Crippen molar-refractivity contribution < 1.29 is 0 Å². The van der Waals surface area contributed by atoms with Gasteiger partial charge >= 0.3 is 0 Å². The maximum absolute atomic E-state index is 3.81. The van der Waals surface area contributed by atoms with Gasteiger partial charge in [-0.25, -0.2) is 0 Å². The van der Waals surface area contributed by atoms with Crippen LogP contribution in [0.1, 0.15) is 58.9 Å². The average molecular weight is 406 g/mol. The molecule has 1 heterocycles. The number of allylic oxidation sites excluding steroid dienone is 7. The van der Waals surface area contributed by atoms with Crippen molar-refractivity contribution in [2.24, 2.45) is 17.8 Å². The summed E-state index contributed by atoms with van der Waals surface area (Å²) in [6, 6.07) is 11.0. The van der Waals surface area contributed by atoms with Gasteiger partial charge in [-0.2, -0.15) is 0 Å². The number of benzene rings is 1. The predicted octanol–water partition coefficient (Wildman–Crippen LogP) is 7.63. The fourth-order valence-corrected chi connectivity index (χ4v) is 4.42. The first kappa shape index (κ1) is 24.4. The molecule has 3 rings (SSSR count). The van der Waals surface area contributed by atoms with E-state index in [0.29, 0.717) is 5.92 Å². The summed E-state index contributed by atoms with van der Waals surface area (Å²) in [5.74, 6) is 2.40. The highest BCUT2D eigenvalue weighted by Crippen LogP contribution is 2.26. The smallest absolute Gasteiger partial charge is 0.000692 e. The van der Waals surface area contributed by atoms with E-state index in [1.54, 1.807) is 0 Å². The highest BCUT2D eigenvalue weighted by Gasteiger charge is 2.20. The highest BCUT2D eigenvalue weighted by atomic mass is 15.1. The van der Waals surface area contributed by atoms with Crippen LogP contribution in [0.5, 0.6) is 0 Å². The van der Waals surface area contributed by atoms with Crippen molar-refractivity contribution in [3.8, 4) is 0 Å². The molecule has 0 amide bonds. The summed E-state index contributed by atoms with van der Waals surface area (Å²) in [6.45, 7) is 16.7. The van der Waals surface area contributed by atoms with Gasteiger partial charge in [0.2, 0.25) is 0 Å². The molecule has 2 atom stereocenters. The van der Waals surface area contributed by atoms with E-state index in [-0.39, 0.29) is 0 Å². The molecule has 1 heteroatoms. The van der Waals surface area contributed by atoms with Crippen LogP contribution in [0.15, 0.2) is 78.4 Å². The van der Waals surface area contributed by atoms with Crippen molar-refractivity contribution >= 4 is 0 Å². The number of piperidine rings is 1. The Morgan fingerprint density at radius 1 is 1.20 bits per heavy atom. The molecule has 1 fully saturated rings. The Bertz CT molecular complexity index is 701. The van der Waals surface area contributed by atoms with Crippen LogP contribution in [0.3, 0.4) is 0 Å². The zero-order chi connectivity index (χ0) is 21.8. The number of rotatable bonds is 7. The van der Waals surface area contributed by atoms with Crippen LogP contribution in [-0.2, 0) is 6.42 Å². The van der Waals surface area contributed by atoms with Gasteiger partial charge in [0.15, 0.2) is 0 Å². The lowest BCUT2D eigenvalue weighted by Gasteiger charge is -2.33. The van der Waals surface area contributed by atoms with Crippen molar-refractivity contribution in [3.63, 3.8) is 0 Å². The third-order valence-electron chi connectivity index (χ3n) is 6.64. The van der Waals surface area contributed by atoms with E-state index >= 15 is 0 Å². The Kier molecular flexibility index (Phi) is 10.9. The summed E-state index contributed by atoms with van der Waals surface area (Å²) in [4.78, 5) is 2.66. The van der Waals surface area contributed by atoms with E-state index in [1.165, 1.54) is 62.0 Å². The number of hydrogen-bond donors (Lipinski definition) is 0. The van der Waals surface area contributed by atoms with Crippen LogP contribution in [0.4, 0.5) is 0 Å². The van der Waals surface area contributed by atoms with Crippen molar-refractivity contribution in [2.45, 2.75) is 59.8 Å². The molecule has 0 bridgehead atoms. The maximum atomic E-state index is 3.81. The average Bonchev–Trinajstić information content (AvgIpc) is 2.78. The van der Waals surface area contributed by atoms with Crippen molar-refractivity contribution in [2.75, 3.05) is 19.6 Å². The molecule has 1 saturated heterocycles. The second-order valence-electron chi connectivity index (χ2n) is 9.08. The van der Waals surface area contributed by atoms with Crippen LogP contribution >= 0.6 is 0 Å². The fraction of sp³-hybridized carbons (Fsp3) is 0.517. The van der Waals surface area contributed by atoms with Gasteiger partial charge in [-0.1, -0.05) is 94.5 Å². The van der Waals surface area contributed by atoms with Gasteiger partial charge in [0, 0.05) is 6.54 Å². The van der Waals surface area contributed by atoms with E-state index in [9.17, 15) is 0 Å². The van der Waals surface area contributed by atoms with Gasteiger partial charge in [-0.15, -0.1) is 0 Å². The normalized spacial score (nSPS) is 21.4. The molecular formula is C29H43N. The molecule has 30 heavy (non-hydrogen) atoms. The van der Waals surface area contributed by atoms with Crippen molar-refractivity contribution in [1.82, 2.24) is 4.90 Å². The van der Waals surface area contributed by atoms with Crippen LogP contribution < -0.4 is 0 Å². The third-order valence-corrected chi connectivity index (χ3v) is 6.64. The van der Waals surface area contributed by atoms with Gasteiger partial charge < -0.3 is 4.90 Å². The number of likely N-dealkylation sites (tertiary alicyclic amines) is 1. The lowest BCUT2D eigenvalue weighted by Crippen LogP contribution is -2.37. The van der Waals surface area contributed by atoms with Crippen LogP contribution in [0.2, 0.25) is 0 Å². The van der Waals surface area contributed by atoms with Gasteiger partial charge in [-0.3, -0.25) is 0 Å². The predicted molar refractivity (Wildman–Crippen MR) is 134 cm³/mol. The summed E-state index contributed by atoms with van der Waals surface area (Å²) >= 11 is 0. The topological polar surface area (TPSA) is 3.24 Å². The van der Waals surface area contributed by atoms with Gasteiger partial charge in [0.05, 0.1) is 0 Å². The lowest BCUT2D eigenvalue weighted by molar-refractivity contribution is 0.162. The van der Waals surface area contributed by atoms with Gasteiger partial charge in [0.25, 0.3) is 0 Å². The first-order chi connectivity index (χ1) is 14.6. The minimum absolute atomic E-state index is 0.638. The third kappa shape index (κ3) is 8.11. The van der Waals surface area contributed by atoms with Crippen molar-refractivity contribution in [3.05, 3.63) is 84.0 Å². The zero-order valence-electron chi connectivity index (χ0n) is 19.8. The molecule has 0 N–H and O–H groups in total. The molecule has 0 saturated carbocycles. The van der Waals surface area contributed by atoms with E-state index in [4.69, 9.17) is 0 Å². The summed E-state index contributed by atoms with van der Waals surface area (Å²) in [6.07, 6.45) is 17.1. The van der Waals surface area contributed by atoms with Gasteiger partial charge in [-0.05, 0) is 80.2 Å². The molecule has 0 aromatic heterocycles. The molecule has 0 radical (unpaired) electrons. The minimum atomic E-state index is 0.638. The van der Waals surface area contributed by atoms with Crippen LogP contribution in [0.25, 0.3) is 0 Å². The standard InChI is InChI=1S/C17H27N.C12H16/c1-3-15(2)14-18-11-9-17(10-12-18)13-16-7-5-4-6-8-16;1-4-11(5-2)12-9-7-6-8-10(12)3/h4-8,15,17H,3,9-14H2,1-2H3;4-7,9-10H,1,8H2,2-3H3/b;11-5-. The molecule has 1 aromatic rings. The monoisotopic (exact) mass is 405 g/mol. The summed E-state index contributed by atoms with van der Waals surface area (Å²) in [5.41, 5.74) is 4.19. The summed E-state index contributed by atoms with van der Waals surface area (Å²) in [7, 11) is 0. The first-order valence-corrected chi connectivity index (χ1v) is 12.0. The molecule has 1 aliphatic heterocycles. The van der Waals surface area contributed by atoms with E-state index in [2.05, 4.69) is 93.8 Å². The molecule has 1 aromatic carbocycles. The Morgan fingerprint density at radius 3 is 2.47 bits per heavy atom. The molecule has 2 aliphatic rings. The second-order valence-corrected chi connectivity index (χ2v) is 9.08. The molecule has 1 nitrogen and oxygen atoms in total. The Labute approximate surface area is 186 Å². The molecule has 0 spiro atoms. The number of nitrogens with zero attached hydrogens (tertiary/aromatic N) is 1. The summed E-state index contributed by atoms with van der Waals surface area (Å²) < 4.78 is 0. The van der Waals surface area contributed by atoms with Crippen molar-refractivity contribution in [1.29, 1.82) is 0 Å². The van der Waals surface area contributed by atoms with Gasteiger partial charge in [0.1, 0.15) is 0 Å². The Hall–Kier alpha value is -1.86. The Morgan fingerprint density at radius 2 is 1.90 bits per heavy atom. The molecular weight excluding hydrogens is 362 g/mol. The Balaban J connectivity index is 0.000000232. The second kappa shape index (κ2) is 13.4. The van der Waals surface area contributed by atoms with E-state index < -0.39 is 0 Å². The summed E-state index contributed by atoms with van der Waals surface area (Å²) in [5, 5.41) is 0. The minimum Gasteiger partial charge on any atom is -0.303 e. The van der Waals surface area contributed by atoms with E-state index in [0.717, 1.165) is 18.3 Å². The molecule has 164 valence electrons.